The highest BCUT2D eigenvalue weighted by Gasteiger charge is 2.16. The van der Waals surface area contributed by atoms with Gasteiger partial charge in [-0.15, -0.1) is 24.0 Å². The zero-order chi connectivity index (χ0) is 16.8. The van der Waals surface area contributed by atoms with Gasteiger partial charge in [0, 0.05) is 13.7 Å². The van der Waals surface area contributed by atoms with Crippen molar-refractivity contribution in [2.45, 2.75) is 46.3 Å². The molecule has 1 aromatic rings. The Kier molecular flexibility index (Phi) is 9.68. The molecule has 0 amide bonds. The number of halogens is 2. The molecule has 0 saturated carbocycles. The smallest absolute Gasteiger partial charge is 0.191 e. The summed E-state index contributed by atoms with van der Waals surface area (Å²) in [7, 11) is 1.67. The fourth-order valence-electron chi connectivity index (χ4n) is 1.82. The van der Waals surface area contributed by atoms with Gasteiger partial charge in [-0.25, -0.2) is 4.39 Å². The van der Waals surface area contributed by atoms with Crippen LogP contribution in [-0.4, -0.2) is 31.8 Å². The Morgan fingerprint density at radius 1 is 1.39 bits per heavy atom. The molecule has 6 heteroatoms. The molecule has 1 aromatic carbocycles. The minimum Gasteiger partial charge on any atom is -0.377 e. The standard InChI is InChI=1S/C17H28FN3O.HI/c1-7-19-16(20-11-17(4,5)22-6)21-13(3)14-9-8-12(2)15(18)10-14;/h8-10,13H,7,11H2,1-6H3,(H2,19,20,21);1H. The Labute approximate surface area is 156 Å². The van der Waals surface area contributed by atoms with Crippen molar-refractivity contribution in [1.82, 2.24) is 10.6 Å². The van der Waals surface area contributed by atoms with Gasteiger partial charge in [-0.1, -0.05) is 12.1 Å². The van der Waals surface area contributed by atoms with Crippen LogP contribution in [0.1, 0.15) is 44.9 Å². The van der Waals surface area contributed by atoms with Crippen LogP contribution in [0.15, 0.2) is 23.2 Å². The molecular weight excluding hydrogens is 408 g/mol. The molecule has 4 nitrogen and oxygen atoms in total. The van der Waals surface area contributed by atoms with Crippen LogP contribution in [0.5, 0.6) is 0 Å². The molecule has 0 aliphatic carbocycles. The summed E-state index contributed by atoms with van der Waals surface area (Å²) in [4.78, 5) is 4.54. The van der Waals surface area contributed by atoms with E-state index in [1.165, 1.54) is 0 Å². The van der Waals surface area contributed by atoms with Crippen LogP contribution in [0.3, 0.4) is 0 Å². The topological polar surface area (TPSA) is 45.7 Å². The van der Waals surface area contributed by atoms with Gasteiger partial charge >= 0.3 is 0 Å². The van der Waals surface area contributed by atoms with Crippen molar-refractivity contribution in [3.05, 3.63) is 35.1 Å². The second-order valence-electron chi connectivity index (χ2n) is 6.03. The summed E-state index contributed by atoms with van der Waals surface area (Å²) in [6, 6.07) is 5.24. The van der Waals surface area contributed by atoms with Gasteiger partial charge in [0.2, 0.25) is 0 Å². The van der Waals surface area contributed by atoms with Crippen LogP contribution in [-0.2, 0) is 4.74 Å². The molecule has 0 fully saturated rings. The molecule has 0 bridgehead atoms. The van der Waals surface area contributed by atoms with E-state index in [0.29, 0.717) is 18.1 Å². The summed E-state index contributed by atoms with van der Waals surface area (Å²) >= 11 is 0. The summed E-state index contributed by atoms with van der Waals surface area (Å²) in [6.45, 7) is 11.0. The fraction of sp³-hybridized carbons (Fsp3) is 0.588. The summed E-state index contributed by atoms with van der Waals surface area (Å²) in [5, 5.41) is 6.49. The lowest BCUT2D eigenvalue weighted by Crippen LogP contribution is -2.40. The highest BCUT2D eigenvalue weighted by Crippen LogP contribution is 2.16. The van der Waals surface area contributed by atoms with Crippen LogP contribution in [0.25, 0.3) is 0 Å². The molecule has 2 N–H and O–H groups in total. The van der Waals surface area contributed by atoms with Gasteiger partial charge in [0.05, 0.1) is 18.2 Å². The van der Waals surface area contributed by atoms with E-state index in [1.54, 1.807) is 26.2 Å². The second-order valence-corrected chi connectivity index (χ2v) is 6.03. The molecule has 132 valence electrons. The van der Waals surface area contributed by atoms with Crippen molar-refractivity contribution in [2.24, 2.45) is 4.99 Å². The molecule has 1 atom stereocenters. The number of nitrogens with zero attached hydrogens (tertiary/aromatic N) is 1. The Hall–Kier alpha value is -0.890. The van der Waals surface area contributed by atoms with E-state index < -0.39 is 0 Å². The van der Waals surface area contributed by atoms with Gasteiger partial charge in [0.15, 0.2) is 5.96 Å². The number of benzene rings is 1. The predicted octanol–water partition coefficient (Wildman–Crippen LogP) is 3.79. The third-order valence-corrected chi connectivity index (χ3v) is 3.56. The van der Waals surface area contributed by atoms with E-state index in [0.717, 1.165) is 12.1 Å². The summed E-state index contributed by atoms with van der Waals surface area (Å²) in [6.07, 6.45) is 0. The van der Waals surface area contributed by atoms with Gasteiger partial charge in [-0.05, 0) is 51.8 Å². The highest BCUT2D eigenvalue weighted by molar-refractivity contribution is 14.0. The molecule has 0 heterocycles. The first-order chi connectivity index (χ1) is 10.3. The number of hydrogen-bond acceptors (Lipinski definition) is 2. The maximum absolute atomic E-state index is 13.7. The first-order valence-electron chi connectivity index (χ1n) is 7.65. The SMILES string of the molecule is CCNC(=NCC(C)(C)OC)NC(C)c1ccc(C)c(F)c1.I. The average molecular weight is 437 g/mol. The molecule has 0 aromatic heterocycles. The lowest BCUT2D eigenvalue weighted by Gasteiger charge is -2.23. The third-order valence-electron chi connectivity index (χ3n) is 3.56. The monoisotopic (exact) mass is 437 g/mol. The molecule has 0 aliphatic rings. The van der Waals surface area contributed by atoms with Crippen molar-refractivity contribution in [2.75, 3.05) is 20.2 Å². The number of hydrogen-bond donors (Lipinski definition) is 2. The van der Waals surface area contributed by atoms with Gasteiger partial charge in [0.1, 0.15) is 5.82 Å². The minimum atomic E-state index is -0.318. The van der Waals surface area contributed by atoms with Crippen molar-refractivity contribution in [1.29, 1.82) is 0 Å². The van der Waals surface area contributed by atoms with Gasteiger partial charge in [-0.2, -0.15) is 0 Å². The van der Waals surface area contributed by atoms with E-state index in [4.69, 9.17) is 4.74 Å². The van der Waals surface area contributed by atoms with Gasteiger partial charge in [0.25, 0.3) is 0 Å². The second kappa shape index (κ2) is 10.1. The van der Waals surface area contributed by atoms with Crippen LogP contribution in [0, 0.1) is 12.7 Å². The molecule has 0 saturated heterocycles. The van der Waals surface area contributed by atoms with E-state index in [1.807, 2.05) is 33.8 Å². The average Bonchev–Trinajstić information content (AvgIpc) is 2.48. The maximum atomic E-state index is 13.7. The zero-order valence-corrected chi connectivity index (χ0v) is 17.2. The Morgan fingerprint density at radius 2 is 2.04 bits per heavy atom. The molecule has 0 radical (unpaired) electrons. The predicted molar refractivity (Wildman–Crippen MR) is 105 cm³/mol. The normalized spacial score (nSPS) is 13.3. The first-order valence-corrected chi connectivity index (χ1v) is 7.65. The molecule has 0 spiro atoms. The van der Waals surface area contributed by atoms with Crippen molar-refractivity contribution < 1.29 is 9.13 Å². The summed E-state index contributed by atoms with van der Waals surface area (Å²) < 4.78 is 19.1. The molecule has 1 rings (SSSR count). The maximum Gasteiger partial charge on any atom is 0.191 e. The summed E-state index contributed by atoms with van der Waals surface area (Å²) in [5.74, 6) is 0.509. The van der Waals surface area contributed by atoms with Crippen LogP contribution in [0.2, 0.25) is 0 Å². The zero-order valence-electron chi connectivity index (χ0n) is 14.9. The number of methoxy groups -OCH3 is 1. The number of nitrogens with one attached hydrogen (secondary N) is 2. The summed E-state index contributed by atoms with van der Waals surface area (Å²) in [5.41, 5.74) is 1.22. The quantitative estimate of drug-likeness (QED) is 0.405. The lowest BCUT2D eigenvalue weighted by atomic mass is 10.1. The number of rotatable bonds is 6. The molecule has 1 unspecified atom stereocenters. The molecular formula is C17H29FIN3O. The van der Waals surface area contributed by atoms with E-state index in [2.05, 4.69) is 15.6 Å². The van der Waals surface area contributed by atoms with Crippen molar-refractivity contribution >= 4 is 29.9 Å². The first kappa shape index (κ1) is 22.1. The number of ether oxygens (including phenoxy) is 1. The van der Waals surface area contributed by atoms with Crippen LogP contribution in [0.4, 0.5) is 4.39 Å². The Balaban J connectivity index is 0.00000484. The van der Waals surface area contributed by atoms with E-state index >= 15 is 0 Å². The van der Waals surface area contributed by atoms with Crippen LogP contribution < -0.4 is 10.6 Å². The Bertz CT molecular complexity index is 521. The molecule has 23 heavy (non-hydrogen) atoms. The van der Waals surface area contributed by atoms with Gasteiger partial charge in [-0.3, -0.25) is 4.99 Å². The Morgan fingerprint density at radius 3 is 2.57 bits per heavy atom. The van der Waals surface area contributed by atoms with E-state index in [9.17, 15) is 4.39 Å². The fourth-order valence-corrected chi connectivity index (χ4v) is 1.82. The van der Waals surface area contributed by atoms with Crippen LogP contribution >= 0.6 is 24.0 Å². The van der Waals surface area contributed by atoms with E-state index in [-0.39, 0.29) is 41.4 Å². The number of aliphatic imine (C=N–C) groups is 1. The van der Waals surface area contributed by atoms with Gasteiger partial charge < -0.3 is 15.4 Å². The largest absolute Gasteiger partial charge is 0.377 e. The van der Waals surface area contributed by atoms with Crippen molar-refractivity contribution in [3.63, 3.8) is 0 Å². The van der Waals surface area contributed by atoms with Crippen molar-refractivity contribution in [3.8, 4) is 0 Å². The number of guanidine groups is 1. The minimum absolute atomic E-state index is 0. The lowest BCUT2D eigenvalue weighted by molar-refractivity contribution is 0.0310. The third kappa shape index (κ3) is 7.48. The highest BCUT2D eigenvalue weighted by atomic mass is 127. The number of aryl methyl sites for hydroxylation is 1. The molecule has 0 aliphatic heterocycles.